The molecule has 0 fully saturated rings. The fourth-order valence-electron chi connectivity index (χ4n) is 4.09. The van der Waals surface area contributed by atoms with Crippen LogP contribution in [-0.2, 0) is 13.9 Å². The van der Waals surface area contributed by atoms with Gasteiger partial charge in [-0.25, -0.2) is 0 Å². The zero-order chi connectivity index (χ0) is 25.7. The molecule has 0 bridgehead atoms. The Bertz CT molecular complexity index is 1070. The van der Waals surface area contributed by atoms with Gasteiger partial charge >= 0.3 is 66.7 Å². The fraction of sp³-hybridized carbons (Fsp3) is 0.409. The van der Waals surface area contributed by atoms with Crippen LogP contribution in [-0.4, -0.2) is 31.3 Å². The van der Waals surface area contributed by atoms with Gasteiger partial charge in [0.2, 0.25) is 5.91 Å². The molecule has 3 atom stereocenters. The Hall–Kier alpha value is -0.190. The van der Waals surface area contributed by atoms with Crippen molar-refractivity contribution in [2.45, 2.75) is 56.8 Å². The van der Waals surface area contributed by atoms with E-state index in [2.05, 4.69) is 5.32 Å². The summed E-state index contributed by atoms with van der Waals surface area (Å²) in [6.07, 6.45) is 0.0389. The molecule has 0 aliphatic heterocycles. The minimum absolute atomic E-state index is 0. The van der Waals surface area contributed by atoms with Crippen LogP contribution in [0.2, 0.25) is 0 Å². The molecule has 3 unspecified atom stereocenters. The first-order chi connectivity index (χ1) is 15.8. The van der Waals surface area contributed by atoms with E-state index < -0.39 is 39.3 Å². The second kappa shape index (κ2) is 15.4. The molecule has 10 nitrogen and oxygen atoms in total. The number of carbonyl (C=O) groups is 1. The minimum Gasteiger partial charge on any atom is -0.810 e. The molecule has 0 saturated heterocycles. The van der Waals surface area contributed by atoms with Gasteiger partial charge in [-0.2, -0.15) is 0 Å². The molecule has 0 heterocycles. The van der Waals surface area contributed by atoms with Gasteiger partial charge in [0, 0.05) is 6.42 Å². The van der Waals surface area contributed by atoms with E-state index in [9.17, 15) is 33.9 Å². The first kappa shape index (κ1) is 35.8. The second-order valence-electron chi connectivity index (χ2n) is 8.09. The number of benzene rings is 2. The van der Waals surface area contributed by atoms with Crippen molar-refractivity contribution in [2.24, 2.45) is 0 Å². The van der Waals surface area contributed by atoms with Gasteiger partial charge in [0.25, 0.3) is 0 Å². The normalized spacial score (nSPS) is 14.1. The van der Waals surface area contributed by atoms with Gasteiger partial charge in [-0.15, -0.1) is 0 Å². The number of aromatic hydroxyl groups is 2. The van der Waals surface area contributed by atoms with Crippen molar-refractivity contribution in [3.8, 4) is 11.5 Å². The molecule has 2 rings (SSSR count). The number of carbonyl (C=O) groups excluding carboxylic acids is 1. The summed E-state index contributed by atoms with van der Waals surface area (Å²) in [7, 11) is -10.9. The van der Waals surface area contributed by atoms with Gasteiger partial charge in [-0.05, 0) is 66.5 Å². The predicted octanol–water partition coefficient (Wildman–Crippen LogP) is -3.07. The van der Waals surface area contributed by atoms with Crippen LogP contribution in [0.25, 0.3) is 0 Å². The van der Waals surface area contributed by atoms with E-state index in [1.54, 1.807) is 24.3 Å². The fourth-order valence-corrected chi connectivity index (χ4v) is 6.48. The Kier molecular flexibility index (Phi) is 15.3. The van der Waals surface area contributed by atoms with Crippen molar-refractivity contribution in [1.82, 2.24) is 0 Å². The first-order valence-corrected chi connectivity index (χ1v) is 14.1. The number of rotatable bonds is 11. The van der Waals surface area contributed by atoms with Crippen molar-refractivity contribution in [3.05, 3.63) is 53.6 Å². The van der Waals surface area contributed by atoms with Gasteiger partial charge in [0.05, 0.1) is 11.1 Å². The maximum Gasteiger partial charge on any atom is 1.00 e. The van der Waals surface area contributed by atoms with E-state index in [0.717, 1.165) is 24.0 Å². The summed E-state index contributed by atoms with van der Waals surface area (Å²) in [5.41, 5.74) is 1.91. The van der Waals surface area contributed by atoms with Crippen LogP contribution in [0.4, 0.5) is 5.69 Å². The average Bonchev–Trinajstić information content (AvgIpc) is 2.72. The molecule has 0 aliphatic rings. The van der Waals surface area contributed by atoms with Gasteiger partial charge in [0.15, 0.2) is 0 Å². The summed E-state index contributed by atoms with van der Waals surface area (Å²) in [4.78, 5) is 52.9. The molecule has 0 spiro atoms. The molecule has 0 radical (unpaired) electrons. The van der Waals surface area contributed by atoms with Crippen molar-refractivity contribution in [1.29, 1.82) is 0 Å². The molecule has 0 aliphatic carbocycles. The van der Waals surface area contributed by atoms with Crippen molar-refractivity contribution in [2.75, 3.05) is 5.32 Å². The third-order valence-electron chi connectivity index (χ3n) is 5.79. The van der Waals surface area contributed by atoms with Crippen LogP contribution in [0, 0.1) is 0 Å². The van der Waals surface area contributed by atoms with Crippen LogP contribution in [0.5, 0.6) is 11.5 Å². The smallest absolute Gasteiger partial charge is 0.810 e. The van der Waals surface area contributed by atoms with Gasteiger partial charge in [-0.1, -0.05) is 39.6 Å². The van der Waals surface area contributed by atoms with Gasteiger partial charge in [0.1, 0.15) is 11.5 Å². The van der Waals surface area contributed by atoms with Gasteiger partial charge < -0.3 is 39.7 Å². The largest absolute Gasteiger partial charge is 1.00 e. The summed E-state index contributed by atoms with van der Waals surface area (Å²) < 4.78 is 22.5. The third kappa shape index (κ3) is 10.2. The average molecular weight is 559 g/mol. The summed E-state index contributed by atoms with van der Waals surface area (Å²) in [5, 5.41) is 19.7. The molecular formula is C22H29NNa2O9P2. The molecule has 2 aromatic carbocycles. The summed E-state index contributed by atoms with van der Waals surface area (Å²) in [6, 6.07) is 11.7. The molecule has 188 valence electrons. The molecule has 14 heteroatoms. The van der Waals surface area contributed by atoms with Crippen LogP contribution in [0.15, 0.2) is 42.5 Å². The number of hydrogen-bond donors (Lipinski definition) is 5. The minimum atomic E-state index is -5.63. The van der Waals surface area contributed by atoms with Gasteiger partial charge in [-0.3, -0.25) is 9.36 Å². The standard InChI is InChI=1S/C22H31NO9P2.2Na/c1-3-17(14-5-8-16(24)9-6-14)18(4-2)15-7-10-20(25)19(13-15)23-21(26)11-12-22(33(27,28)29)34(30,31)32;;/h5-10,13,17-18,22,24-25H,3-4,11-12H2,1-2H3,(H,23,26)(H2,27,28,29)(H2,30,31,32);;/q;2*+1/p-2. The zero-order valence-corrected chi connectivity index (χ0v) is 26.6. The van der Waals surface area contributed by atoms with Crippen molar-refractivity contribution in [3.63, 3.8) is 0 Å². The number of nitrogens with one attached hydrogen (secondary N) is 1. The molecule has 5 N–H and O–H groups in total. The molecule has 2 aromatic rings. The Balaban J connectivity index is 0.00000612. The van der Waals surface area contributed by atoms with E-state index in [-0.39, 0.29) is 88.1 Å². The maximum atomic E-state index is 12.3. The predicted molar refractivity (Wildman–Crippen MR) is 124 cm³/mol. The number of phenolic OH excluding ortho intramolecular Hbond substituents is 2. The van der Waals surface area contributed by atoms with E-state index >= 15 is 0 Å². The summed E-state index contributed by atoms with van der Waals surface area (Å²) in [6.45, 7) is 4.04. The number of phenols is 2. The van der Waals surface area contributed by atoms with Crippen LogP contribution in [0.1, 0.15) is 62.5 Å². The molecular weight excluding hydrogens is 530 g/mol. The van der Waals surface area contributed by atoms with Crippen LogP contribution >= 0.6 is 15.2 Å². The summed E-state index contributed by atoms with van der Waals surface area (Å²) in [5.74, 6) is -0.789. The Labute approximate surface area is 254 Å². The monoisotopic (exact) mass is 559 g/mol. The molecule has 1 amide bonds. The van der Waals surface area contributed by atoms with Crippen LogP contribution < -0.4 is 74.2 Å². The second-order valence-corrected chi connectivity index (χ2v) is 12.0. The van der Waals surface area contributed by atoms with Crippen molar-refractivity contribution < 1.29 is 103 Å². The van der Waals surface area contributed by atoms with Crippen LogP contribution in [0.3, 0.4) is 0 Å². The quantitative estimate of drug-likeness (QED) is 0.108. The van der Waals surface area contributed by atoms with E-state index in [0.29, 0.717) is 0 Å². The number of hydrogen-bond acceptors (Lipinski definition) is 7. The SMILES string of the molecule is CCC(c1ccc(O)cc1)C(CC)c1ccc(O)c(NC(=O)CCC(P(=O)([O-])[O-])P(=O)(O)O)c1.[Na+].[Na+]. The van der Waals surface area contributed by atoms with Crippen molar-refractivity contribution >= 4 is 26.8 Å². The first-order valence-electron chi connectivity index (χ1n) is 10.8. The number of amides is 1. The van der Waals surface area contributed by atoms with E-state index in [4.69, 9.17) is 9.79 Å². The van der Waals surface area contributed by atoms with E-state index in [1.807, 2.05) is 26.0 Å². The molecule has 36 heavy (non-hydrogen) atoms. The number of anilines is 1. The maximum absolute atomic E-state index is 12.3. The Morgan fingerprint density at radius 1 is 0.917 bits per heavy atom. The zero-order valence-electron chi connectivity index (χ0n) is 20.8. The molecule has 0 aromatic heterocycles. The Morgan fingerprint density at radius 2 is 1.42 bits per heavy atom. The topological polar surface area (TPSA) is 190 Å². The third-order valence-corrected chi connectivity index (χ3v) is 9.57. The van der Waals surface area contributed by atoms with E-state index in [1.165, 1.54) is 6.07 Å². The molecule has 0 saturated carbocycles. The summed E-state index contributed by atoms with van der Waals surface area (Å²) >= 11 is 0. The Morgan fingerprint density at radius 3 is 1.89 bits per heavy atom.